The van der Waals surface area contributed by atoms with Crippen LogP contribution in [0, 0.1) is 5.82 Å². The lowest BCUT2D eigenvalue weighted by Gasteiger charge is -2.40. The van der Waals surface area contributed by atoms with Gasteiger partial charge >= 0.3 is 0 Å². The van der Waals surface area contributed by atoms with E-state index in [2.05, 4.69) is 52.8 Å². The monoisotopic (exact) mass is 405 g/mol. The van der Waals surface area contributed by atoms with Gasteiger partial charge in [-0.2, -0.15) is 0 Å². The van der Waals surface area contributed by atoms with Gasteiger partial charge in [0.05, 0.1) is 21.9 Å². The molecule has 1 fully saturated rings. The molecule has 25 heavy (non-hydrogen) atoms. The minimum absolute atomic E-state index is 0.103. The summed E-state index contributed by atoms with van der Waals surface area (Å²) in [5.74, 6) is 1.41. The molecule has 1 unspecified atom stereocenters. The summed E-state index contributed by atoms with van der Waals surface area (Å²) in [6.45, 7) is 7.96. The fourth-order valence-corrected chi connectivity index (χ4v) is 3.60. The zero-order chi connectivity index (χ0) is 17.7. The average molecular weight is 406 g/mol. The van der Waals surface area contributed by atoms with E-state index < -0.39 is 0 Å². The lowest BCUT2D eigenvalue weighted by molar-refractivity contribution is 0.217. The van der Waals surface area contributed by atoms with Gasteiger partial charge in [0.1, 0.15) is 5.82 Å². The molecule has 0 N–H and O–H groups in total. The number of aliphatic imine (C=N–C) groups is 2. The van der Waals surface area contributed by atoms with Crippen molar-refractivity contribution in [2.45, 2.75) is 19.9 Å². The van der Waals surface area contributed by atoms with Crippen LogP contribution in [0.25, 0.3) is 0 Å². The van der Waals surface area contributed by atoms with Crippen molar-refractivity contribution in [2.75, 3.05) is 38.1 Å². The normalized spacial score (nSPS) is 23.6. The SMILES string of the molecule is CC1=CN2C(=NC1C)C(N1CCN(C)CC1)=Nc1cc(Br)c(F)cc12. The van der Waals surface area contributed by atoms with E-state index in [4.69, 9.17) is 9.98 Å². The molecule has 0 amide bonds. The van der Waals surface area contributed by atoms with Crippen molar-refractivity contribution in [3.05, 3.63) is 34.2 Å². The number of hydrogen-bond acceptors (Lipinski definition) is 5. The van der Waals surface area contributed by atoms with E-state index in [9.17, 15) is 4.39 Å². The summed E-state index contributed by atoms with van der Waals surface area (Å²) in [4.78, 5) is 16.3. The molecule has 3 aliphatic heterocycles. The first-order valence-electron chi connectivity index (χ1n) is 8.51. The molecule has 0 aromatic heterocycles. The number of nitrogens with zero attached hydrogens (tertiary/aromatic N) is 5. The number of anilines is 1. The van der Waals surface area contributed by atoms with E-state index in [0.29, 0.717) is 4.47 Å². The topological polar surface area (TPSA) is 34.4 Å². The third-order valence-electron chi connectivity index (χ3n) is 5.04. The molecule has 3 heterocycles. The van der Waals surface area contributed by atoms with Crippen molar-refractivity contribution in [2.24, 2.45) is 9.98 Å². The zero-order valence-electron chi connectivity index (χ0n) is 14.6. The van der Waals surface area contributed by atoms with E-state index in [1.54, 1.807) is 6.07 Å². The van der Waals surface area contributed by atoms with Crippen molar-refractivity contribution in [1.29, 1.82) is 0 Å². The molecule has 1 atom stereocenters. The molecule has 4 rings (SSSR count). The number of fused-ring (bicyclic) bond motifs is 3. The Morgan fingerprint density at radius 1 is 1.16 bits per heavy atom. The predicted octanol–water partition coefficient (Wildman–Crippen LogP) is 3.39. The van der Waals surface area contributed by atoms with Crippen molar-refractivity contribution < 1.29 is 4.39 Å². The zero-order valence-corrected chi connectivity index (χ0v) is 16.2. The highest BCUT2D eigenvalue weighted by Crippen LogP contribution is 2.39. The first-order valence-corrected chi connectivity index (χ1v) is 9.30. The van der Waals surface area contributed by atoms with Gasteiger partial charge in [0, 0.05) is 38.4 Å². The summed E-state index contributed by atoms with van der Waals surface area (Å²) >= 11 is 3.28. The Morgan fingerprint density at radius 2 is 1.88 bits per heavy atom. The van der Waals surface area contributed by atoms with Gasteiger partial charge in [-0.3, -0.25) is 9.89 Å². The molecule has 3 aliphatic rings. The van der Waals surface area contributed by atoms with Crippen molar-refractivity contribution in [3.8, 4) is 0 Å². The molecule has 1 saturated heterocycles. The second kappa shape index (κ2) is 6.21. The minimum Gasteiger partial charge on any atom is -0.351 e. The lowest BCUT2D eigenvalue weighted by Crippen LogP contribution is -2.53. The van der Waals surface area contributed by atoms with Crippen LogP contribution in [-0.2, 0) is 0 Å². The van der Waals surface area contributed by atoms with Crippen LogP contribution in [0.1, 0.15) is 13.8 Å². The molecule has 0 aliphatic carbocycles. The van der Waals surface area contributed by atoms with Gasteiger partial charge in [-0.25, -0.2) is 9.38 Å². The second-order valence-corrected chi connectivity index (χ2v) is 7.71. The van der Waals surface area contributed by atoms with Crippen molar-refractivity contribution in [1.82, 2.24) is 9.80 Å². The summed E-state index contributed by atoms with van der Waals surface area (Å²) in [5, 5.41) is 0. The van der Waals surface area contributed by atoms with Crippen LogP contribution < -0.4 is 4.90 Å². The largest absolute Gasteiger partial charge is 0.351 e. The highest BCUT2D eigenvalue weighted by Gasteiger charge is 2.33. The van der Waals surface area contributed by atoms with Gasteiger partial charge in [0.2, 0.25) is 0 Å². The van der Waals surface area contributed by atoms with Gasteiger partial charge < -0.3 is 9.80 Å². The summed E-state index contributed by atoms with van der Waals surface area (Å²) in [5.41, 5.74) is 2.65. The van der Waals surface area contributed by atoms with E-state index in [0.717, 1.165) is 54.8 Å². The summed E-state index contributed by atoms with van der Waals surface area (Å²) < 4.78 is 14.6. The standard InChI is InChI=1S/C18H21BrFN5/c1-11-10-25-16-9-14(20)13(19)8-15(16)22-17(18(25)21-12(11)2)24-6-4-23(3)5-7-24/h8-10,12H,4-7H2,1-3H3. The molecule has 0 spiro atoms. The molecule has 0 bridgehead atoms. The van der Waals surface area contributed by atoms with Gasteiger partial charge in [0.25, 0.3) is 0 Å². The number of hydrogen-bond donors (Lipinski definition) is 0. The van der Waals surface area contributed by atoms with Gasteiger partial charge in [-0.05, 0) is 48.5 Å². The maximum atomic E-state index is 14.1. The molecule has 1 aromatic rings. The van der Waals surface area contributed by atoms with E-state index in [-0.39, 0.29) is 11.9 Å². The number of amidine groups is 2. The van der Waals surface area contributed by atoms with Crippen LogP contribution in [0.15, 0.2) is 38.4 Å². The Balaban J connectivity index is 1.83. The molecule has 1 aromatic carbocycles. The van der Waals surface area contributed by atoms with Crippen LogP contribution in [-0.4, -0.2) is 60.7 Å². The molecule has 0 saturated carbocycles. The molecule has 5 nitrogen and oxygen atoms in total. The number of piperazine rings is 1. The molecule has 132 valence electrons. The first kappa shape index (κ1) is 16.7. The third kappa shape index (κ3) is 2.89. The third-order valence-corrected chi connectivity index (χ3v) is 5.65. The average Bonchev–Trinajstić information content (AvgIpc) is 2.58. The maximum absolute atomic E-state index is 14.1. The van der Waals surface area contributed by atoms with Crippen LogP contribution in [0.3, 0.4) is 0 Å². The fraction of sp³-hybridized carbons (Fsp3) is 0.444. The Labute approximate surface area is 155 Å². The van der Waals surface area contributed by atoms with E-state index in [1.165, 1.54) is 6.07 Å². The Hall–Kier alpha value is -1.73. The van der Waals surface area contributed by atoms with Crippen molar-refractivity contribution >= 4 is 39.0 Å². The molecular weight excluding hydrogens is 385 g/mol. The predicted molar refractivity (Wildman–Crippen MR) is 103 cm³/mol. The summed E-state index contributed by atoms with van der Waals surface area (Å²) in [7, 11) is 2.13. The fourth-order valence-electron chi connectivity index (χ4n) is 3.27. The number of rotatable bonds is 0. The molecular formula is C18H21BrFN5. The van der Waals surface area contributed by atoms with Crippen molar-refractivity contribution in [3.63, 3.8) is 0 Å². The highest BCUT2D eigenvalue weighted by molar-refractivity contribution is 9.10. The van der Waals surface area contributed by atoms with Gasteiger partial charge in [-0.1, -0.05) is 0 Å². The van der Waals surface area contributed by atoms with Gasteiger partial charge in [-0.15, -0.1) is 0 Å². The molecule has 0 radical (unpaired) electrons. The minimum atomic E-state index is -0.291. The second-order valence-electron chi connectivity index (χ2n) is 6.85. The maximum Gasteiger partial charge on any atom is 0.176 e. The number of halogens is 2. The van der Waals surface area contributed by atoms with Crippen LogP contribution in [0.4, 0.5) is 15.8 Å². The Kier molecular flexibility index (Phi) is 4.16. The number of likely N-dealkylation sites (N-methyl/N-ethyl adjacent to an activating group) is 1. The van der Waals surface area contributed by atoms with Gasteiger partial charge in [0.15, 0.2) is 11.7 Å². The van der Waals surface area contributed by atoms with Crippen LogP contribution >= 0.6 is 15.9 Å². The Bertz CT molecular complexity index is 808. The Morgan fingerprint density at radius 3 is 2.60 bits per heavy atom. The van der Waals surface area contributed by atoms with E-state index >= 15 is 0 Å². The smallest absolute Gasteiger partial charge is 0.176 e. The summed E-state index contributed by atoms with van der Waals surface area (Å²) in [6, 6.07) is 3.38. The lowest BCUT2D eigenvalue weighted by atomic mass is 10.1. The van der Waals surface area contributed by atoms with Crippen LogP contribution in [0.5, 0.6) is 0 Å². The number of benzene rings is 1. The van der Waals surface area contributed by atoms with Crippen LogP contribution in [0.2, 0.25) is 0 Å². The van der Waals surface area contributed by atoms with E-state index in [1.807, 2.05) is 4.90 Å². The summed E-state index contributed by atoms with van der Waals surface area (Å²) in [6.07, 6.45) is 2.06. The first-order chi connectivity index (χ1) is 11.9. The highest BCUT2D eigenvalue weighted by atomic mass is 79.9. The molecule has 7 heteroatoms. The quantitative estimate of drug-likeness (QED) is 0.663.